The first-order chi connectivity index (χ1) is 12.6. The van der Waals surface area contributed by atoms with Crippen molar-refractivity contribution in [3.63, 3.8) is 0 Å². The molecule has 0 saturated carbocycles. The first-order valence-electron chi connectivity index (χ1n) is 8.31. The van der Waals surface area contributed by atoms with E-state index in [1.807, 2.05) is 0 Å². The smallest absolute Gasteiger partial charge is 0.315 e. The molecule has 0 aliphatic carbocycles. The molecule has 0 N–H and O–H groups in total. The van der Waals surface area contributed by atoms with Gasteiger partial charge in [0.25, 0.3) is 0 Å². The second-order valence-corrected chi connectivity index (χ2v) is 8.85. The summed E-state index contributed by atoms with van der Waals surface area (Å²) in [5, 5.41) is 0. The molecule has 0 saturated heterocycles. The normalized spacial score (nSPS) is 18.2. The zero-order valence-corrected chi connectivity index (χ0v) is 17.5. The molecule has 1 aromatic carbocycles. The lowest BCUT2D eigenvalue weighted by Crippen LogP contribution is -2.14. The third-order valence-electron chi connectivity index (χ3n) is 3.53. The molecule has 2 bridgehead atoms. The third kappa shape index (κ3) is 7.32. The van der Waals surface area contributed by atoms with E-state index in [-0.39, 0.29) is 23.4 Å². The van der Waals surface area contributed by atoms with Crippen LogP contribution < -0.4 is 4.74 Å². The van der Waals surface area contributed by atoms with E-state index in [4.69, 9.17) is 14.2 Å². The Morgan fingerprint density at radius 2 is 1.35 bits per heavy atom. The Balaban J connectivity index is 2.05. The standard InChI is InChI=1S/C18H24O5S3/c1-13-7-14-9-24-5-3-22-16(19)11-26-12-17(20)23-4-6-25-10-15(8-13)18(14)21-2/h7-8H,3-6,9-12H2,1-2H3. The van der Waals surface area contributed by atoms with E-state index in [9.17, 15) is 9.59 Å². The zero-order chi connectivity index (χ0) is 18.8. The number of aryl methyl sites for hydroxylation is 1. The number of hydrogen-bond acceptors (Lipinski definition) is 8. The fourth-order valence-electron chi connectivity index (χ4n) is 2.50. The molecule has 144 valence electrons. The molecule has 1 aliphatic heterocycles. The summed E-state index contributed by atoms with van der Waals surface area (Å²) in [7, 11) is 1.69. The minimum absolute atomic E-state index is 0.170. The van der Waals surface area contributed by atoms with Crippen LogP contribution in [0.3, 0.4) is 0 Å². The molecule has 8 heteroatoms. The Morgan fingerprint density at radius 1 is 0.846 bits per heavy atom. The van der Waals surface area contributed by atoms with Gasteiger partial charge in [-0.3, -0.25) is 9.59 Å². The maximum absolute atomic E-state index is 11.6. The van der Waals surface area contributed by atoms with Crippen molar-refractivity contribution in [2.75, 3.05) is 43.3 Å². The van der Waals surface area contributed by atoms with Crippen LogP contribution in [0.1, 0.15) is 16.7 Å². The first kappa shape index (κ1) is 21.3. The van der Waals surface area contributed by atoms with Gasteiger partial charge in [0.1, 0.15) is 19.0 Å². The summed E-state index contributed by atoms with van der Waals surface area (Å²) in [6.07, 6.45) is 0. The number of methoxy groups -OCH3 is 1. The van der Waals surface area contributed by atoms with E-state index in [0.717, 1.165) is 39.9 Å². The van der Waals surface area contributed by atoms with Crippen molar-refractivity contribution < 1.29 is 23.8 Å². The van der Waals surface area contributed by atoms with Gasteiger partial charge in [-0.1, -0.05) is 17.7 Å². The number of hydrogen-bond donors (Lipinski definition) is 0. The van der Waals surface area contributed by atoms with Crippen molar-refractivity contribution in [2.45, 2.75) is 18.4 Å². The Labute approximate surface area is 167 Å². The molecular formula is C18H24O5S3. The molecule has 0 amide bonds. The van der Waals surface area contributed by atoms with Crippen LogP contribution in [-0.4, -0.2) is 55.3 Å². The lowest BCUT2D eigenvalue weighted by molar-refractivity contribution is -0.140. The van der Waals surface area contributed by atoms with Gasteiger partial charge in [0.05, 0.1) is 18.6 Å². The predicted molar refractivity (Wildman–Crippen MR) is 109 cm³/mol. The van der Waals surface area contributed by atoms with E-state index in [2.05, 4.69) is 19.1 Å². The Morgan fingerprint density at radius 3 is 1.81 bits per heavy atom. The van der Waals surface area contributed by atoms with Crippen molar-refractivity contribution in [1.82, 2.24) is 0 Å². The van der Waals surface area contributed by atoms with Gasteiger partial charge in [-0.2, -0.15) is 23.5 Å². The minimum atomic E-state index is -0.296. The van der Waals surface area contributed by atoms with Gasteiger partial charge in [-0.05, 0) is 6.92 Å². The SMILES string of the molecule is COc1c2cc(C)cc1CSCCOC(=O)CSCC(=O)OCCSC2. The Bertz CT molecular complexity index is 574. The lowest BCUT2D eigenvalue weighted by atomic mass is 10.1. The average Bonchev–Trinajstić information content (AvgIpc) is 2.60. The van der Waals surface area contributed by atoms with Gasteiger partial charge >= 0.3 is 11.9 Å². The molecule has 0 atom stereocenters. The van der Waals surface area contributed by atoms with Crippen LogP contribution >= 0.6 is 35.3 Å². The van der Waals surface area contributed by atoms with Crippen molar-refractivity contribution in [3.8, 4) is 5.75 Å². The van der Waals surface area contributed by atoms with Crippen molar-refractivity contribution in [2.24, 2.45) is 0 Å². The molecule has 26 heavy (non-hydrogen) atoms. The highest BCUT2D eigenvalue weighted by Gasteiger charge is 2.12. The van der Waals surface area contributed by atoms with Crippen molar-refractivity contribution in [3.05, 3.63) is 28.8 Å². The maximum Gasteiger partial charge on any atom is 0.315 e. The van der Waals surface area contributed by atoms with Crippen LogP contribution in [-0.2, 0) is 30.6 Å². The summed E-state index contributed by atoms with van der Waals surface area (Å²) >= 11 is 4.65. The Kier molecular flexibility index (Phi) is 9.56. The molecule has 0 aromatic heterocycles. The van der Waals surface area contributed by atoms with E-state index in [0.29, 0.717) is 13.2 Å². The predicted octanol–water partition coefficient (Wildman–Crippen LogP) is 3.30. The summed E-state index contributed by atoms with van der Waals surface area (Å²) in [4.78, 5) is 23.3. The van der Waals surface area contributed by atoms with Gasteiger partial charge in [0, 0.05) is 34.1 Å². The number of ether oxygens (including phenoxy) is 3. The zero-order valence-electron chi connectivity index (χ0n) is 15.1. The monoisotopic (exact) mass is 416 g/mol. The minimum Gasteiger partial charge on any atom is -0.496 e. The van der Waals surface area contributed by atoms with E-state index < -0.39 is 0 Å². The Hall–Kier alpha value is -0.990. The molecule has 2 rings (SSSR count). The highest BCUT2D eigenvalue weighted by atomic mass is 32.2. The highest BCUT2D eigenvalue weighted by molar-refractivity contribution is 8.00. The van der Waals surface area contributed by atoms with Crippen molar-refractivity contribution >= 4 is 47.2 Å². The van der Waals surface area contributed by atoms with Gasteiger partial charge in [-0.15, -0.1) is 11.8 Å². The molecule has 1 aromatic rings. The topological polar surface area (TPSA) is 61.8 Å². The van der Waals surface area contributed by atoms with Crippen LogP contribution in [0.15, 0.2) is 12.1 Å². The number of fused-ring (bicyclic) bond motifs is 2. The molecule has 0 spiro atoms. The number of carbonyl (C=O) groups is 2. The first-order valence-corrected chi connectivity index (χ1v) is 11.8. The second-order valence-electron chi connectivity index (χ2n) is 5.66. The lowest BCUT2D eigenvalue weighted by Gasteiger charge is -2.15. The molecule has 1 heterocycles. The van der Waals surface area contributed by atoms with Gasteiger partial charge < -0.3 is 14.2 Å². The van der Waals surface area contributed by atoms with E-state index >= 15 is 0 Å². The summed E-state index contributed by atoms with van der Waals surface area (Å²) in [5.74, 6) is 3.73. The van der Waals surface area contributed by atoms with Crippen LogP contribution in [0.2, 0.25) is 0 Å². The number of esters is 2. The summed E-state index contributed by atoms with van der Waals surface area (Å²) in [6, 6.07) is 4.28. The molecule has 1 aliphatic rings. The van der Waals surface area contributed by atoms with Crippen LogP contribution in [0.4, 0.5) is 0 Å². The molecule has 0 fully saturated rings. The molecule has 0 radical (unpaired) electrons. The van der Waals surface area contributed by atoms with E-state index in [1.165, 1.54) is 17.3 Å². The highest BCUT2D eigenvalue weighted by Crippen LogP contribution is 2.31. The van der Waals surface area contributed by atoms with Crippen molar-refractivity contribution in [1.29, 1.82) is 0 Å². The third-order valence-corrected chi connectivity index (χ3v) is 6.35. The van der Waals surface area contributed by atoms with Gasteiger partial charge in [-0.25, -0.2) is 0 Å². The quantitative estimate of drug-likeness (QED) is 0.646. The fraction of sp³-hybridized carbons (Fsp3) is 0.556. The molecular weight excluding hydrogens is 392 g/mol. The fourth-order valence-corrected chi connectivity index (χ4v) is 4.66. The number of thioether (sulfide) groups is 3. The van der Waals surface area contributed by atoms with E-state index in [1.54, 1.807) is 30.6 Å². The largest absolute Gasteiger partial charge is 0.496 e. The summed E-state index contributed by atoms with van der Waals surface area (Å²) in [5.41, 5.74) is 3.51. The molecule has 5 nitrogen and oxygen atoms in total. The maximum atomic E-state index is 11.6. The van der Waals surface area contributed by atoms with Crippen LogP contribution in [0.25, 0.3) is 0 Å². The van der Waals surface area contributed by atoms with Crippen LogP contribution in [0, 0.1) is 6.92 Å². The summed E-state index contributed by atoms with van der Waals surface area (Å²) in [6.45, 7) is 2.81. The number of rotatable bonds is 1. The molecule has 0 unspecified atom stereocenters. The number of benzene rings is 1. The van der Waals surface area contributed by atoms with Gasteiger partial charge in [0.15, 0.2) is 0 Å². The number of carbonyl (C=O) groups excluding carboxylic acids is 2. The van der Waals surface area contributed by atoms with Gasteiger partial charge in [0.2, 0.25) is 0 Å². The second kappa shape index (κ2) is 11.7. The average molecular weight is 417 g/mol. The number of cyclic esters (lactones) is 2. The van der Waals surface area contributed by atoms with Crippen LogP contribution in [0.5, 0.6) is 5.75 Å². The summed E-state index contributed by atoms with van der Waals surface area (Å²) < 4.78 is 16.0.